The number of fused-ring (bicyclic) bond motifs is 1. The van der Waals surface area contributed by atoms with Crippen LogP contribution in [0.1, 0.15) is 11.1 Å². The minimum atomic E-state index is -0.230. The average Bonchev–Trinajstić information content (AvgIpc) is 2.70. The maximum atomic E-state index is 12.4. The SMILES string of the molecule is COc1ccc(CCNC(=O)CN2C(=O)COc3cc(C)ccc32)cc1OC. The lowest BCUT2D eigenvalue weighted by Gasteiger charge is -2.29. The number of anilines is 1. The van der Waals surface area contributed by atoms with E-state index in [1.165, 1.54) is 4.90 Å². The molecule has 1 aliphatic heterocycles. The first kappa shape index (κ1) is 19.5. The second-order valence-electron chi connectivity index (χ2n) is 6.53. The summed E-state index contributed by atoms with van der Waals surface area (Å²) in [5.41, 5.74) is 2.67. The Kier molecular flexibility index (Phi) is 6.03. The molecule has 0 saturated carbocycles. The van der Waals surface area contributed by atoms with Crippen molar-refractivity contribution in [3.8, 4) is 17.2 Å². The number of ether oxygens (including phenoxy) is 3. The van der Waals surface area contributed by atoms with E-state index in [9.17, 15) is 9.59 Å². The van der Waals surface area contributed by atoms with Gasteiger partial charge in [-0.3, -0.25) is 14.5 Å². The molecule has 28 heavy (non-hydrogen) atoms. The molecule has 0 unspecified atom stereocenters. The number of aryl methyl sites for hydroxylation is 1. The van der Waals surface area contributed by atoms with Crippen molar-refractivity contribution in [1.29, 1.82) is 0 Å². The summed E-state index contributed by atoms with van der Waals surface area (Å²) in [6.07, 6.45) is 0.638. The molecule has 0 radical (unpaired) electrons. The van der Waals surface area contributed by atoms with Crippen LogP contribution in [0.25, 0.3) is 0 Å². The number of rotatable bonds is 7. The Morgan fingerprint density at radius 1 is 1.14 bits per heavy atom. The number of hydrogen-bond acceptors (Lipinski definition) is 5. The monoisotopic (exact) mass is 384 g/mol. The summed E-state index contributed by atoms with van der Waals surface area (Å²) in [4.78, 5) is 26.0. The molecule has 0 aromatic heterocycles. The second-order valence-corrected chi connectivity index (χ2v) is 6.53. The molecule has 0 spiro atoms. The quantitative estimate of drug-likeness (QED) is 0.791. The van der Waals surface area contributed by atoms with E-state index in [0.29, 0.717) is 35.9 Å². The topological polar surface area (TPSA) is 77.1 Å². The highest BCUT2D eigenvalue weighted by atomic mass is 16.5. The number of benzene rings is 2. The van der Waals surface area contributed by atoms with Crippen LogP contribution in [0.15, 0.2) is 36.4 Å². The van der Waals surface area contributed by atoms with Crippen LogP contribution in [0.5, 0.6) is 17.2 Å². The number of carbonyl (C=O) groups excluding carboxylic acids is 2. The summed E-state index contributed by atoms with van der Waals surface area (Å²) < 4.78 is 16.0. The molecule has 148 valence electrons. The van der Waals surface area contributed by atoms with Crippen LogP contribution in [0.4, 0.5) is 5.69 Å². The molecular weight excluding hydrogens is 360 g/mol. The van der Waals surface area contributed by atoms with Gasteiger partial charge in [0.15, 0.2) is 18.1 Å². The summed E-state index contributed by atoms with van der Waals surface area (Å²) in [6, 6.07) is 11.2. The molecule has 0 atom stereocenters. The van der Waals surface area contributed by atoms with Gasteiger partial charge < -0.3 is 19.5 Å². The van der Waals surface area contributed by atoms with E-state index in [0.717, 1.165) is 11.1 Å². The number of nitrogens with one attached hydrogen (secondary N) is 1. The predicted molar refractivity (Wildman–Crippen MR) is 105 cm³/mol. The summed E-state index contributed by atoms with van der Waals surface area (Å²) in [6.45, 7) is 2.30. The van der Waals surface area contributed by atoms with Crippen molar-refractivity contribution in [1.82, 2.24) is 5.32 Å². The van der Waals surface area contributed by atoms with E-state index < -0.39 is 0 Å². The summed E-state index contributed by atoms with van der Waals surface area (Å²) in [7, 11) is 3.17. The van der Waals surface area contributed by atoms with Crippen molar-refractivity contribution in [3.05, 3.63) is 47.5 Å². The van der Waals surface area contributed by atoms with Gasteiger partial charge in [-0.05, 0) is 48.7 Å². The van der Waals surface area contributed by atoms with Crippen molar-refractivity contribution >= 4 is 17.5 Å². The minimum absolute atomic E-state index is 0.0375. The molecule has 0 fully saturated rings. The number of methoxy groups -OCH3 is 2. The van der Waals surface area contributed by atoms with E-state index in [1.54, 1.807) is 20.3 Å². The van der Waals surface area contributed by atoms with Crippen molar-refractivity contribution < 1.29 is 23.8 Å². The van der Waals surface area contributed by atoms with Gasteiger partial charge in [-0.2, -0.15) is 0 Å². The van der Waals surface area contributed by atoms with Gasteiger partial charge in [0.25, 0.3) is 5.91 Å². The third-order valence-electron chi connectivity index (χ3n) is 4.54. The molecule has 7 heteroatoms. The Morgan fingerprint density at radius 2 is 1.93 bits per heavy atom. The highest BCUT2D eigenvalue weighted by Crippen LogP contribution is 2.32. The van der Waals surface area contributed by atoms with Crippen molar-refractivity contribution in [2.24, 2.45) is 0 Å². The Hall–Kier alpha value is -3.22. The fraction of sp³-hybridized carbons (Fsp3) is 0.333. The highest BCUT2D eigenvalue weighted by Gasteiger charge is 2.27. The van der Waals surface area contributed by atoms with Gasteiger partial charge in [-0.25, -0.2) is 0 Å². The molecule has 0 saturated heterocycles. The van der Waals surface area contributed by atoms with Gasteiger partial charge in [-0.15, -0.1) is 0 Å². The maximum Gasteiger partial charge on any atom is 0.265 e. The molecular formula is C21H24N2O5. The molecule has 2 aromatic carbocycles. The zero-order valence-electron chi connectivity index (χ0n) is 16.3. The van der Waals surface area contributed by atoms with Gasteiger partial charge >= 0.3 is 0 Å². The Bertz CT molecular complexity index is 881. The lowest BCUT2D eigenvalue weighted by molar-refractivity contribution is -0.125. The zero-order valence-corrected chi connectivity index (χ0v) is 16.3. The lowest BCUT2D eigenvalue weighted by atomic mass is 10.1. The van der Waals surface area contributed by atoms with Crippen LogP contribution in [0.2, 0.25) is 0 Å². The van der Waals surface area contributed by atoms with Gasteiger partial charge in [0, 0.05) is 6.54 Å². The molecule has 0 bridgehead atoms. The molecule has 1 N–H and O–H groups in total. The molecule has 7 nitrogen and oxygen atoms in total. The van der Waals surface area contributed by atoms with Crippen LogP contribution in [0, 0.1) is 6.92 Å². The van der Waals surface area contributed by atoms with Crippen LogP contribution in [-0.4, -0.2) is 45.7 Å². The predicted octanol–water partition coefficient (Wildman–Crippen LogP) is 2.10. The van der Waals surface area contributed by atoms with E-state index in [2.05, 4.69) is 5.32 Å². The smallest absolute Gasteiger partial charge is 0.265 e. The van der Waals surface area contributed by atoms with Gasteiger partial charge in [0.1, 0.15) is 12.3 Å². The van der Waals surface area contributed by atoms with E-state index in [1.807, 2.05) is 37.3 Å². The molecule has 1 aliphatic rings. The number of hydrogen-bond donors (Lipinski definition) is 1. The standard InChI is InChI=1S/C21H24N2O5/c1-14-4-6-16-18(10-14)28-13-21(25)23(16)12-20(24)22-9-8-15-5-7-17(26-2)19(11-15)27-3/h4-7,10-11H,8-9,12-13H2,1-3H3,(H,22,24). The molecule has 2 aromatic rings. The Balaban J connectivity index is 1.57. The highest BCUT2D eigenvalue weighted by molar-refractivity contribution is 6.02. The first-order chi connectivity index (χ1) is 13.5. The van der Waals surface area contributed by atoms with Crippen molar-refractivity contribution in [3.63, 3.8) is 0 Å². The van der Waals surface area contributed by atoms with Gasteiger partial charge in [0.2, 0.25) is 5.91 Å². The van der Waals surface area contributed by atoms with Crippen molar-refractivity contribution in [2.45, 2.75) is 13.3 Å². The summed E-state index contributed by atoms with van der Waals surface area (Å²) >= 11 is 0. The molecule has 3 rings (SSSR count). The molecule has 1 heterocycles. The number of amides is 2. The van der Waals surface area contributed by atoms with Crippen LogP contribution in [-0.2, 0) is 16.0 Å². The van der Waals surface area contributed by atoms with Gasteiger partial charge in [-0.1, -0.05) is 12.1 Å². The number of nitrogens with zero attached hydrogens (tertiary/aromatic N) is 1. The van der Waals surface area contributed by atoms with Crippen LogP contribution < -0.4 is 24.4 Å². The summed E-state index contributed by atoms with van der Waals surface area (Å²) in [5.74, 6) is 1.48. The lowest BCUT2D eigenvalue weighted by Crippen LogP contribution is -2.45. The summed E-state index contributed by atoms with van der Waals surface area (Å²) in [5, 5.41) is 2.86. The normalized spacial score (nSPS) is 12.8. The van der Waals surface area contributed by atoms with E-state index in [4.69, 9.17) is 14.2 Å². The van der Waals surface area contributed by atoms with Crippen molar-refractivity contribution in [2.75, 3.05) is 38.8 Å². The Labute approximate surface area is 164 Å². The Morgan fingerprint density at radius 3 is 2.68 bits per heavy atom. The molecule has 2 amide bonds. The maximum absolute atomic E-state index is 12.4. The first-order valence-corrected chi connectivity index (χ1v) is 9.03. The first-order valence-electron chi connectivity index (χ1n) is 9.03. The third kappa shape index (κ3) is 4.36. The third-order valence-corrected chi connectivity index (χ3v) is 4.54. The average molecular weight is 384 g/mol. The largest absolute Gasteiger partial charge is 0.493 e. The fourth-order valence-corrected chi connectivity index (χ4v) is 3.07. The zero-order chi connectivity index (χ0) is 20.1. The fourth-order valence-electron chi connectivity index (χ4n) is 3.07. The van der Waals surface area contributed by atoms with Crippen LogP contribution >= 0.6 is 0 Å². The van der Waals surface area contributed by atoms with Crippen LogP contribution in [0.3, 0.4) is 0 Å². The van der Waals surface area contributed by atoms with E-state index in [-0.39, 0.29) is 25.0 Å². The van der Waals surface area contributed by atoms with Gasteiger partial charge in [0.05, 0.1) is 19.9 Å². The molecule has 0 aliphatic carbocycles. The second kappa shape index (κ2) is 8.65. The van der Waals surface area contributed by atoms with E-state index >= 15 is 0 Å². The number of carbonyl (C=O) groups is 2. The minimum Gasteiger partial charge on any atom is -0.493 e.